The van der Waals surface area contributed by atoms with Gasteiger partial charge in [0.1, 0.15) is 0 Å². The van der Waals surface area contributed by atoms with Gasteiger partial charge < -0.3 is 10.2 Å². The van der Waals surface area contributed by atoms with Crippen molar-refractivity contribution in [1.29, 1.82) is 0 Å². The summed E-state index contributed by atoms with van der Waals surface area (Å²) >= 11 is 3.92. The molecule has 0 heterocycles. The zero-order valence-corrected chi connectivity index (χ0v) is 8.67. The summed E-state index contributed by atoms with van der Waals surface area (Å²) in [6, 6.07) is 0. The molecule has 0 radical (unpaired) electrons. The smallest absolute Gasteiger partial charge is 0.246 e. The van der Waals surface area contributed by atoms with Crippen molar-refractivity contribution in [2.45, 2.75) is 0 Å². The van der Waals surface area contributed by atoms with E-state index in [-0.39, 0.29) is 11.8 Å². The standard InChI is InChI=1S/C8H14N2O2S/c1-10(2)8(12)4-3-7(11)9-5-6-13/h3-4,13H,5-6H2,1-2H3,(H,9,11). The van der Waals surface area contributed by atoms with Crippen molar-refractivity contribution in [3.8, 4) is 0 Å². The fourth-order valence-electron chi connectivity index (χ4n) is 0.534. The van der Waals surface area contributed by atoms with Crippen molar-refractivity contribution >= 4 is 24.4 Å². The van der Waals surface area contributed by atoms with E-state index in [1.807, 2.05) is 0 Å². The van der Waals surface area contributed by atoms with E-state index in [0.29, 0.717) is 12.3 Å². The number of carbonyl (C=O) groups is 2. The molecule has 0 saturated heterocycles. The molecule has 1 N–H and O–H groups in total. The molecule has 0 spiro atoms. The number of nitrogens with one attached hydrogen (secondary N) is 1. The molecule has 0 saturated carbocycles. The maximum atomic E-state index is 11.0. The summed E-state index contributed by atoms with van der Waals surface area (Å²) in [7, 11) is 3.25. The Hall–Kier alpha value is -0.970. The van der Waals surface area contributed by atoms with Gasteiger partial charge in [-0.15, -0.1) is 0 Å². The minimum atomic E-state index is -0.274. The summed E-state index contributed by atoms with van der Waals surface area (Å²) in [5, 5.41) is 2.55. The molecule has 0 aromatic rings. The normalized spacial score (nSPS) is 10.1. The van der Waals surface area contributed by atoms with Gasteiger partial charge in [0.15, 0.2) is 0 Å². The SMILES string of the molecule is CN(C)C(=O)C=CC(=O)NCCS. The zero-order valence-electron chi connectivity index (χ0n) is 7.78. The van der Waals surface area contributed by atoms with Crippen LogP contribution in [0.3, 0.4) is 0 Å². The van der Waals surface area contributed by atoms with Crippen LogP contribution in [-0.2, 0) is 9.59 Å². The molecule has 0 aliphatic rings. The molecule has 0 bridgehead atoms. The Morgan fingerprint density at radius 3 is 2.46 bits per heavy atom. The van der Waals surface area contributed by atoms with Crippen molar-refractivity contribution in [2.75, 3.05) is 26.4 Å². The van der Waals surface area contributed by atoms with Crippen LogP contribution in [0.1, 0.15) is 0 Å². The van der Waals surface area contributed by atoms with Crippen molar-refractivity contribution in [3.63, 3.8) is 0 Å². The van der Waals surface area contributed by atoms with Gasteiger partial charge in [0, 0.05) is 38.5 Å². The molecular weight excluding hydrogens is 188 g/mol. The van der Waals surface area contributed by atoms with Gasteiger partial charge in [-0.2, -0.15) is 12.6 Å². The molecular formula is C8H14N2O2S. The Morgan fingerprint density at radius 1 is 1.38 bits per heavy atom. The van der Waals surface area contributed by atoms with Crippen molar-refractivity contribution in [2.24, 2.45) is 0 Å². The van der Waals surface area contributed by atoms with E-state index >= 15 is 0 Å². The van der Waals surface area contributed by atoms with Gasteiger partial charge in [-0.3, -0.25) is 9.59 Å². The van der Waals surface area contributed by atoms with E-state index in [1.165, 1.54) is 17.1 Å². The molecule has 0 aromatic heterocycles. The monoisotopic (exact) mass is 202 g/mol. The highest BCUT2D eigenvalue weighted by Crippen LogP contribution is 1.82. The number of rotatable bonds is 4. The first-order chi connectivity index (χ1) is 6.07. The molecule has 0 aliphatic heterocycles. The molecule has 0 atom stereocenters. The Labute approximate surface area is 83.4 Å². The van der Waals surface area contributed by atoms with Crippen LogP contribution in [0, 0.1) is 0 Å². The van der Waals surface area contributed by atoms with Crippen molar-refractivity contribution < 1.29 is 9.59 Å². The first kappa shape index (κ1) is 12.0. The maximum Gasteiger partial charge on any atom is 0.246 e. The highest BCUT2D eigenvalue weighted by Gasteiger charge is 1.98. The second kappa shape index (κ2) is 6.54. The molecule has 2 amide bonds. The number of hydrogen-bond acceptors (Lipinski definition) is 3. The van der Waals surface area contributed by atoms with Crippen LogP contribution in [0.4, 0.5) is 0 Å². The second-order valence-electron chi connectivity index (χ2n) is 2.58. The summed E-state index contributed by atoms with van der Waals surface area (Å²) in [4.78, 5) is 23.3. The van der Waals surface area contributed by atoms with Gasteiger partial charge in [0.05, 0.1) is 0 Å². The van der Waals surface area contributed by atoms with Gasteiger partial charge in [0.25, 0.3) is 0 Å². The third-order valence-corrected chi connectivity index (χ3v) is 1.45. The molecule has 0 fully saturated rings. The van der Waals surface area contributed by atoms with E-state index in [4.69, 9.17) is 0 Å². The lowest BCUT2D eigenvalue weighted by atomic mass is 10.4. The molecule has 0 aliphatic carbocycles. The molecule has 13 heavy (non-hydrogen) atoms. The number of thiol groups is 1. The van der Waals surface area contributed by atoms with E-state index in [9.17, 15) is 9.59 Å². The van der Waals surface area contributed by atoms with Crippen LogP contribution in [0.15, 0.2) is 12.2 Å². The van der Waals surface area contributed by atoms with E-state index < -0.39 is 0 Å². The van der Waals surface area contributed by atoms with Crippen LogP contribution < -0.4 is 5.32 Å². The Bertz CT molecular complexity index is 214. The third-order valence-electron chi connectivity index (χ3n) is 1.23. The average Bonchev–Trinajstić information content (AvgIpc) is 2.10. The van der Waals surface area contributed by atoms with Crippen LogP contribution in [0.2, 0.25) is 0 Å². The topological polar surface area (TPSA) is 49.4 Å². The summed E-state index contributed by atoms with van der Waals surface area (Å²) in [6.07, 6.45) is 2.44. The predicted octanol–water partition coefficient (Wildman–Crippen LogP) is -0.323. The van der Waals surface area contributed by atoms with Crippen LogP contribution in [0.25, 0.3) is 0 Å². The van der Waals surface area contributed by atoms with Gasteiger partial charge in [-0.25, -0.2) is 0 Å². The van der Waals surface area contributed by atoms with Crippen LogP contribution >= 0.6 is 12.6 Å². The number of amides is 2. The Kier molecular flexibility index (Phi) is 6.05. The van der Waals surface area contributed by atoms with Crippen molar-refractivity contribution in [3.05, 3.63) is 12.2 Å². The fourth-order valence-corrected chi connectivity index (χ4v) is 0.646. The fraction of sp³-hybridized carbons (Fsp3) is 0.500. The number of hydrogen-bond donors (Lipinski definition) is 2. The van der Waals surface area contributed by atoms with Gasteiger partial charge >= 0.3 is 0 Å². The Morgan fingerprint density at radius 2 is 2.00 bits per heavy atom. The molecule has 0 aromatic carbocycles. The first-order valence-electron chi connectivity index (χ1n) is 3.86. The zero-order chi connectivity index (χ0) is 10.3. The first-order valence-corrected chi connectivity index (χ1v) is 4.49. The van der Waals surface area contributed by atoms with E-state index in [1.54, 1.807) is 14.1 Å². The van der Waals surface area contributed by atoms with E-state index in [0.717, 1.165) is 0 Å². The minimum absolute atomic E-state index is 0.207. The number of likely N-dealkylation sites (N-methyl/N-ethyl adjacent to an activating group) is 1. The summed E-state index contributed by atoms with van der Waals surface area (Å²) in [6.45, 7) is 0.502. The highest BCUT2D eigenvalue weighted by molar-refractivity contribution is 7.80. The van der Waals surface area contributed by atoms with Gasteiger partial charge in [0.2, 0.25) is 11.8 Å². The summed E-state index contributed by atoms with van der Waals surface area (Å²) in [5.74, 6) is 0.103. The van der Waals surface area contributed by atoms with Crippen LogP contribution in [0.5, 0.6) is 0 Å². The average molecular weight is 202 g/mol. The lowest BCUT2D eigenvalue weighted by Gasteiger charge is -2.04. The predicted molar refractivity (Wildman–Crippen MR) is 54.7 cm³/mol. The van der Waals surface area contributed by atoms with Gasteiger partial charge in [-0.05, 0) is 0 Å². The van der Waals surface area contributed by atoms with E-state index in [2.05, 4.69) is 17.9 Å². The lowest BCUT2D eigenvalue weighted by Crippen LogP contribution is -2.24. The second-order valence-corrected chi connectivity index (χ2v) is 3.03. The molecule has 0 unspecified atom stereocenters. The Balaban J connectivity index is 3.83. The van der Waals surface area contributed by atoms with Gasteiger partial charge in [-0.1, -0.05) is 0 Å². The van der Waals surface area contributed by atoms with Crippen LogP contribution in [-0.4, -0.2) is 43.1 Å². The number of nitrogens with zero attached hydrogens (tertiary/aromatic N) is 1. The third kappa shape index (κ3) is 6.21. The maximum absolute atomic E-state index is 11.0. The molecule has 5 heteroatoms. The van der Waals surface area contributed by atoms with Crippen molar-refractivity contribution in [1.82, 2.24) is 10.2 Å². The summed E-state index contributed by atoms with van der Waals surface area (Å²) < 4.78 is 0. The summed E-state index contributed by atoms with van der Waals surface area (Å²) in [5.41, 5.74) is 0. The minimum Gasteiger partial charge on any atom is -0.352 e. The lowest BCUT2D eigenvalue weighted by molar-refractivity contribution is -0.124. The molecule has 4 nitrogen and oxygen atoms in total. The molecule has 74 valence electrons. The number of carbonyl (C=O) groups excluding carboxylic acids is 2. The quantitative estimate of drug-likeness (QED) is 0.485. The highest BCUT2D eigenvalue weighted by atomic mass is 32.1. The largest absolute Gasteiger partial charge is 0.352 e. The molecule has 0 rings (SSSR count).